The molecular weight excluding hydrogens is 303 g/mol. The summed E-state index contributed by atoms with van der Waals surface area (Å²) in [5.74, 6) is 0.846. The Morgan fingerprint density at radius 2 is 2.04 bits per heavy atom. The lowest BCUT2D eigenvalue weighted by Crippen LogP contribution is -2.08. The molecule has 0 aliphatic heterocycles. The van der Waals surface area contributed by atoms with Crippen LogP contribution >= 0.6 is 0 Å². The normalized spacial score (nSPS) is 14.2. The Labute approximate surface area is 142 Å². The number of anilines is 3. The molecule has 1 aliphatic carbocycles. The fraction of sp³-hybridized carbons (Fsp3) is 0.368. The quantitative estimate of drug-likeness (QED) is 0.736. The molecule has 24 heavy (non-hydrogen) atoms. The summed E-state index contributed by atoms with van der Waals surface area (Å²) in [6.07, 6.45) is 8.44. The van der Waals surface area contributed by atoms with Crippen LogP contribution in [0, 0.1) is 12.7 Å². The van der Waals surface area contributed by atoms with E-state index in [-0.39, 0.29) is 5.82 Å². The number of hydrogen-bond acceptors (Lipinski definition) is 4. The van der Waals surface area contributed by atoms with Crippen molar-refractivity contribution in [2.75, 3.05) is 17.2 Å². The van der Waals surface area contributed by atoms with Gasteiger partial charge in [0.2, 0.25) is 5.95 Å². The average molecular weight is 326 g/mol. The van der Waals surface area contributed by atoms with Gasteiger partial charge in [0.05, 0.1) is 5.69 Å². The number of nitrogens with zero attached hydrogens (tertiary/aromatic N) is 2. The van der Waals surface area contributed by atoms with Gasteiger partial charge in [0, 0.05) is 18.3 Å². The molecule has 0 saturated carbocycles. The molecule has 126 valence electrons. The molecule has 1 aromatic heterocycles. The van der Waals surface area contributed by atoms with E-state index >= 15 is 0 Å². The Bertz CT molecular complexity index is 727. The van der Waals surface area contributed by atoms with Crippen LogP contribution in [0.4, 0.5) is 21.8 Å². The van der Waals surface area contributed by atoms with Crippen molar-refractivity contribution in [1.82, 2.24) is 9.97 Å². The van der Waals surface area contributed by atoms with Gasteiger partial charge in [0.25, 0.3) is 0 Å². The zero-order valence-corrected chi connectivity index (χ0v) is 14.0. The molecule has 5 heteroatoms. The van der Waals surface area contributed by atoms with Crippen molar-refractivity contribution in [2.45, 2.75) is 39.0 Å². The van der Waals surface area contributed by atoms with Crippen molar-refractivity contribution < 1.29 is 4.39 Å². The highest BCUT2D eigenvalue weighted by Crippen LogP contribution is 2.21. The maximum atomic E-state index is 13.7. The zero-order chi connectivity index (χ0) is 16.8. The third-order valence-corrected chi connectivity index (χ3v) is 4.11. The third kappa shape index (κ3) is 4.54. The van der Waals surface area contributed by atoms with Gasteiger partial charge in [-0.2, -0.15) is 4.98 Å². The van der Waals surface area contributed by atoms with Gasteiger partial charge >= 0.3 is 0 Å². The fourth-order valence-electron chi connectivity index (χ4n) is 2.88. The third-order valence-electron chi connectivity index (χ3n) is 4.11. The minimum atomic E-state index is -0.318. The Kier molecular flexibility index (Phi) is 5.41. The standard InChI is InChI=1S/C19H23FN4/c1-14-13-18(21-12-11-15-7-3-2-4-8-15)24-19(22-14)23-17-10-6-5-9-16(17)20/h5-7,9-10,13H,2-4,8,11-12H2,1H3,(H2,21,22,23,24). The van der Waals surface area contributed by atoms with Gasteiger partial charge in [-0.05, 0) is 51.2 Å². The first-order chi connectivity index (χ1) is 11.7. The fourth-order valence-corrected chi connectivity index (χ4v) is 2.88. The molecule has 2 aromatic rings. The highest BCUT2D eigenvalue weighted by Gasteiger charge is 2.07. The van der Waals surface area contributed by atoms with E-state index in [0.717, 1.165) is 24.5 Å². The van der Waals surface area contributed by atoms with Crippen molar-refractivity contribution in [3.8, 4) is 0 Å². The average Bonchev–Trinajstić information content (AvgIpc) is 2.57. The molecule has 0 saturated heterocycles. The van der Waals surface area contributed by atoms with Crippen LogP contribution in [0.15, 0.2) is 42.0 Å². The second kappa shape index (κ2) is 7.90. The molecule has 3 rings (SSSR count). The minimum absolute atomic E-state index is 0.318. The summed E-state index contributed by atoms with van der Waals surface area (Å²) in [4.78, 5) is 8.76. The van der Waals surface area contributed by atoms with E-state index in [0.29, 0.717) is 11.6 Å². The predicted octanol–water partition coefficient (Wildman–Crippen LogP) is 4.97. The van der Waals surface area contributed by atoms with Gasteiger partial charge in [-0.15, -0.1) is 0 Å². The number of para-hydroxylation sites is 1. The van der Waals surface area contributed by atoms with Crippen LogP contribution < -0.4 is 10.6 Å². The van der Waals surface area contributed by atoms with Gasteiger partial charge in [-0.1, -0.05) is 23.8 Å². The summed E-state index contributed by atoms with van der Waals surface area (Å²) >= 11 is 0. The molecular formula is C19H23FN4. The first-order valence-electron chi connectivity index (χ1n) is 8.50. The Hall–Kier alpha value is -2.43. The molecule has 4 nitrogen and oxygen atoms in total. The number of rotatable bonds is 6. The summed E-state index contributed by atoms with van der Waals surface area (Å²) in [5, 5.41) is 6.29. The van der Waals surface area contributed by atoms with Crippen molar-refractivity contribution in [3.05, 3.63) is 53.5 Å². The van der Waals surface area contributed by atoms with Crippen molar-refractivity contribution in [1.29, 1.82) is 0 Å². The summed E-state index contributed by atoms with van der Waals surface area (Å²) in [6, 6.07) is 8.42. The lowest BCUT2D eigenvalue weighted by Gasteiger charge is -2.14. The monoisotopic (exact) mass is 326 g/mol. The van der Waals surface area contributed by atoms with E-state index in [1.165, 1.54) is 37.3 Å². The maximum Gasteiger partial charge on any atom is 0.229 e. The lowest BCUT2D eigenvalue weighted by atomic mass is 9.97. The van der Waals surface area contributed by atoms with Crippen LogP contribution in [0.25, 0.3) is 0 Å². The van der Waals surface area contributed by atoms with Gasteiger partial charge < -0.3 is 10.6 Å². The number of nitrogens with one attached hydrogen (secondary N) is 2. The molecule has 2 N–H and O–H groups in total. The Morgan fingerprint density at radius 3 is 2.83 bits per heavy atom. The molecule has 0 spiro atoms. The highest BCUT2D eigenvalue weighted by atomic mass is 19.1. The SMILES string of the molecule is Cc1cc(NCCC2=CCCCC2)nc(Nc2ccccc2F)n1. The molecule has 1 heterocycles. The topological polar surface area (TPSA) is 49.8 Å². The summed E-state index contributed by atoms with van der Waals surface area (Å²) < 4.78 is 13.7. The molecule has 1 aromatic carbocycles. The van der Waals surface area contributed by atoms with Crippen LogP contribution in [-0.2, 0) is 0 Å². The first-order valence-corrected chi connectivity index (χ1v) is 8.50. The molecule has 1 aliphatic rings. The van der Waals surface area contributed by atoms with E-state index in [1.807, 2.05) is 13.0 Å². The summed E-state index contributed by atoms with van der Waals surface area (Å²) in [7, 11) is 0. The molecule has 0 atom stereocenters. The number of aryl methyl sites for hydroxylation is 1. The van der Waals surface area contributed by atoms with Crippen molar-refractivity contribution in [2.24, 2.45) is 0 Å². The Morgan fingerprint density at radius 1 is 1.17 bits per heavy atom. The molecule has 0 unspecified atom stereocenters. The number of benzene rings is 1. The van der Waals surface area contributed by atoms with E-state index in [1.54, 1.807) is 18.2 Å². The summed E-state index contributed by atoms with van der Waals surface area (Å²) in [6.45, 7) is 2.75. The van der Waals surface area contributed by atoms with Crippen LogP contribution in [-0.4, -0.2) is 16.5 Å². The van der Waals surface area contributed by atoms with Crippen molar-refractivity contribution in [3.63, 3.8) is 0 Å². The van der Waals surface area contributed by atoms with Crippen LogP contribution in [0.3, 0.4) is 0 Å². The largest absolute Gasteiger partial charge is 0.370 e. The van der Waals surface area contributed by atoms with E-state index in [9.17, 15) is 4.39 Å². The zero-order valence-electron chi connectivity index (χ0n) is 14.0. The first kappa shape index (κ1) is 16.4. The predicted molar refractivity (Wildman–Crippen MR) is 96.1 cm³/mol. The lowest BCUT2D eigenvalue weighted by molar-refractivity contribution is 0.631. The van der Waals surface area contributed by atoms with Crippen LogP contribution in [0.1, 0.15) is 37.8 Å². The Balaban J connectivity index is 1.63. The second-order valence-electron chi connectivity index (χ2n) is 6.11. The van der Waals surface area contributed by atoms with Gasteiger partial charge in [-0.25, -0.2) is 9.37 Å². The van der Waals surface area contributed by atoms with Gasteiger partial charge in [0.15, 0.2) is 0 Å². The number of allylic oxidation sites excluding steroid dienone is 1. The van der Waals surface area contributed by atoms with E-state index in [4.69, 9.17) is 0 Å². The van der Waals surface area contributed by atoms with E-state index < -0.39 is 0 Å². The number of halogens is 1. The minimum Gasteiger partial charge on any atom is -0.370 e. The number of hydrogen-bond donors (Lipinski definition) is 2. The summed E-state index contributed by atoms with van der Waals surface area (Å²) in [5.41, 5.74) is 2.74. The number of aromatic nitrogens is 2. The van der Waals surface area contributed by atoms with Crippen LogP contribution in [0.5, 0.6) is 0 Å². The maximum absolute atomic E-state index is 13.7. The molecule has 0 amide bonds. The van der Waals surface area contributed by atoms with Gasteiger partial charge in [-0.3, -0.25) is 0 Å². The van der Waals surface area contributed by atoms with Crippen molar-refractivity contribution >= 4 is 17.5 Å². The highest BCUT2D eigenvalue weighted by molar-refractivity contribution is 5.55. The molecule has 0 bridgehead atoms. The van der Waals surface area contributed by atoms with Gasteiger partial charge in [0.1, 0.15) is 11.6 Å². The molecule has 0 radical (unpaired) electrons. The van der Waals surface area contributed by atoms with E-state index in [2.05, 4.69) is 26.7 Å². The smallest absolute Gasteiger partial charge is 0.229 e. The second-order valence-corrected chi connectivity index (χ2v) is 6.11. The molecule has 0 fully saturated rings. The van der Waals surface area contributed by atoms with Crippen LogP contribution in [0.2, 0.25) is 0 Å².